The summed E-state index contributed by atoms with van der Waals surface area (Å²) in [5.74, 6) is -2.31. The van der Waals surface area contributed by atoms with Crippen LogP contribution in [0, 0.1) is 25.5 Å². The highest BCUT2D eigenvalue weighted by atomic mass is 19.1. The first-order valence-corrected chi connectivity index (χ1v) is 7.11. The lowest BCUT2D eigenvalue weighted by Crippen LogP contribution is -2.14. The molecule has 0 saturated heterocycles. The molecule has 0 aliphatic heterocycles. The molecule has 0 bridgehead atoms. The van der Waals surface area contributed by atoms with Gasteiger partial charge in [0, 0.05) is 11.6 Å². The number of hydrogen-bond acceptors (Lipinski definition) is 4. The summed E-state index contributed by atoms with van der Waals surface area (Å²) >= 11 is 0. The van der Waals surface area contributed by atoms with Gasteiger partial charge in [0.15, 0.2) is 0 Å². The zero-order valence-electron chi connectivity index (χ0n) is 12.9. The van der Waals surface area contributed by atoms with Gasteiger partial charge < -0.3 is 4.42 Å². The van der Waals surface area contributed by atoms with Crippen LogP contribution in [0.5, 0.6) is 0 Å². The number of halogens is 2. The van der Waals surface area contributed by atoms with Crippen LogP contribution in [-0.4, -0.2) is 16.1 Å². The van der Waals surface area contributed by atoms with Gasteiger partial charge in [0.2, 0.25) is 5.89 Å². The van der Waals surface area contributed by atoms with Gasteiger partial charge in [0.05, 0.1) is 5.56 Å². The predicted molar refractivity (Wildman–Crippen MR) is 83.5 cm³/mol. The summed E-state index contributed by atoms with van der Waals surface area (Å²) in [6.07, 6.45) is 0. The lowest BCUT2D eigenvalue weighted by Gasteiger charge is -2.02. The van der Waals surface area contributed by atoms with E-state index >= 15 is 0 Å². The van der Waals surface area contributed by atoms with E-state index < -0.39 is 17.5 Å². The van der Waals surface area contributed by atoms with Crippen LogP contribution >= 0.6 is 0 Å². The number of nitrogens with one attached hydrogen (secondary N) is 1. The van der Waals surface area contributed by atoms with Crippen LogP contribution in [0.1, 0.15) is 21.5 Å². The van der Waals surface area contributed by atoms with Crippen LogP contribution in [0.15, 0.2) is 40.8 Å². The first-order valence-electron chi connectivity index (χ1n) is 7.11. The molecule has 0 spiro atoms. The number of nitrogens with zero attached hydrogens (tertiary/aromatic N) is 2. The zero-order valence-corrected chi connectivity index (χ0v) is 12.9. The molecule has 3 rings (SSSR count). The quantitative estimate of drug-likeness (QED) is 0.792. The van der Waals surface area contributed by atoms with Crippen LogP contribution in [0.2, 0.25) is 0 Å². The van der Waals surface area contributed by atoms with Crippen LogP contribution < -0.4 is 5.32 Å². The average molecular weight is 329 g/mol. The van der Waals surface area contributed by atoms with Crippen LogP contribution in [0.3, 0.4) is 0 Å². The molecule has 0 aliphatic carbocycles. The number of carbonyl (C=O) groups is 1. The van der Waals surface area contributed by atoms with E-state index in [1.165, 1.54) is 0 Å². The number of aryl methyl sites for hydroxylation is 2. The van der Waals surface area contributed by atoms with Crippen molar-refractivity contribution >= 4 is 11.9 Å². The maximum atomic E-state index is 13.6. The molecule has 1 N–H and O–H groups in total. The molecule has 7 heteroatoms. The van der Waals surface area contributed by atoms with Crippen molar-refractivity contribution in [3.05, 3.63) is 64.7 Å². The third-order valence-corrected chi connectivity index (χ3v) is 3.29. The summed E-state index contributed by atoms with van der Waals surface area (Å²) in [5, 5.41) is 9.88. The molecule has 5 nitrogen and oxygen atoms in total. The molecule has 3 aromatic rings. The first-order chi connectivity index (χ1) is 11.4. The summed E-state index contributed by atoms with van der Waals surface area (Å²) in [7, 11) is 0. The smallest absolute Gasteiger partial charge is 0.322 e. The molecule has 0 unspecified atom stereocenters. The van der Waals surface area contributed by atoms with E-state index in [0.29, 0.717) is 11.6 Å². The maximum absolute atomic E-state index is 13.6. The molecule has 0 saturated carbocycles. The van der Waals surface area contributed by atoms with Crippen molar-refractivity contribution in [1.82, 2.24) is 10.2 Å². The molecule has 122 valence electrons. The summed E-state index contributed by atoms with van der Waals surface area (Å²) in [6.45, 7) is 3.87. The van der Waals surface area contributed by atoms with Crippen LogP contribution in [0.25, 0.3) is 11.5 Å². The van der Waals surface area contributed by atoms with Crippen LogP contribution in [0.4, 0.5) is 14.8 Å². The molecular formula is C17H13F2N3O2. The van der Waals surface area contributed by atoms with Crippen molar-refractivity contribution in [2.24, 2.45) is 0 Å². The fourth-order valence-corrected chi connectivity index (χ4v) is 2.33. The van der Waals surface area contributed by atoms with Crippen LogP contribution in [-0.2, 0) is 0 Å². The minimum atomic E-state index is -0.971. The molecule has 24 heavy (non-hydrogen) atoms. The predicted octanol–water partition coefficient (Wildman–Crippen LogP) is 3.88. The Hall–Kier alpha value is -3.09. The lowest BCUT2D eigenvalue weighted by molar-refractivity contribution is 0.102. The standard InChI is InChI=1S/C17H13F2N3O2/c1-9-5-10(2)7-11(6-9)16-21-22-17(24-16)20-15(23)13-4-3-12(18)8-14(13)19/h3-8H,1-2H3,(H,20,22,23). The Balaban J connectivity index is 1.82. The number of rotatable bonds is 3. The Morgan fingerprint density at radius 3 is 2.42 bits per heavy atom. The Bertz CT molecular complexity index is 902. The van der Waals surface area contributed by atoms with Gasteiger partial charge in [-0.15, -0.1) is 5.10 Å². The normalized spacial score (nSPS) is 10.7. The van der Waals surface area contributed by atoms with Crippen molar-refractivity contribution in [2.45, 2.75) is 13.8 Å². The van der Waals surface area contributed by atoms with E-state index in [1.807, 2.05) is 32.0 Å². The van der Waals surface area contributed by atoms with Crippen molar-refractivity contribution in [3.8, 4) is 11.5 Å². The van der Waals surface area contributed by atoms with Crippen molar-refractivity contribution in [1.29, 1.82) is 0 Å². The second kappa shape index (κ2) is 6.19. The highest BCUT2D eigenvalue weighted by Gasteiger charge is 2.16. The highest BCUT2D eigenvalue weighted by Crippen LogP contribution is 2.23. The van der Waals surface area contributed by atoms with E-state index in [2.05, 4.69) is 15.5 Å². The number of carbonyl (C=O) groups excluding carboxylic acids is 1. The third-order valence-electron chi connectivity index (χ3n) is 3.29. The third kappa shape index (κ3) is 3.29. The van der Waals surface area contributed by atoms with Crippen molar-refractivity contribution in [3.63, 3.8) is 0 Å². The van der Waals surface area contributed by atoms with E-state index in [0.717, 1.165) is 23.3 Å². The largest absolute Gasteiger partial charge is 0.403 e. The number of aromatic nitrogens is 2. The minimum Gasteiger partial charge on any atom is -0.403 e. The second-order valence-electron chi connectivity index (χ2n) is 5.37. The van der Waals surface area contributed by atoms with E-state index in [1.54, 1.807) is 0 Å². The van der Waals surface area contributed by atoms with E-state index in [9.17, 15) is 13.6 Å². The number of hydrogen-bond donors (Lipinski definition) is 1. The van der Waals surface area contributed by atoms with Gasteiger partial charge >= 0.3 is 6.01 Å². The number of benzene rings is 2. The Kier molecular flexibility index (Phi) is 4.07. The molecular weight excluding hydrogens is 316 g/mol. The fraction of sp³-hybridized carbons (Fsp3) is 0.118. The SMILES string of the molecule is Cc1cc(C)cc(-c2nnc(NC(=O)c3ccc(F)cc3F)o2)c1. The molecule has 1 aromatic heterocycles. The number of amides is 1. The second-order valence-corrected chi connectivity index (χ2v) is 5.37. The molecule has 0 fully saturated rings. The highest BCUT2D eigenvalue weighted by molar-refractivity contribution is 6.03. The van der Waals surface area contributed by atoms with E-state index in [-0.39, 0.29) is 17.5 Å². The number of anilines is 1. The van der Waals surface area contributed by atoms with Crippen molar-refractivity contribution in [2.75, 3.05) is 5.32 Å². The lowest BCUT2D eigenvalue weighted by atomic mass is 10.1. The van der Waals surface area contributed by atoms with Gasteiger partial charge in [0.25, 0.3) is 5.91 Å². The van der Waals surface area contributed by atoms with Gasteiger partial charge in [-0.1, -0.05) is 22.3 Å². The average Bonchev–Trinajstić information content (AvgIpc) is 2.94. The molecule has 1 amide bonds. The van der Waals surface area contributed by atoms with Gasteiger partial charge in [-0.3, -0.25) is 10.1 Å². The van der Waals surface area contributed by atoms with Crippen molar-refractivity contribution < 1.29 is 18.0 Å². The van der Waals surface area contributed by atoms with Gasteiger partial charge in [-0.2, -0.15) is 0 Å². The molecule has 0 radical (unpaired) electrons. The van der Waals surface area contributed by atoms with Gasteiger partial charge in [-0.05, 0) is 38.1 Å². The Morgan fingerprint density at radius 1 is 1.04 bits per heavy atom. The summed E-state index contributed by atoms with van der Waals surface area (Å²) in [6, 6.07) is 8.23. The Morgan fingerprint density at radius 2 is 1.75 bits per heavy atom. The van der Waals surface area contributed by atoms with E-state index in [4.69, 9.17) is 4.42 Å². The topological polar surface area (TPSA) is 68.0 Å². The summed E-state index contributed by atoms with van der Waals surface area (Å²) in [5.41, 5.74) is 2.46. The van der Waals surface area contributed by atoms with Gasteiger partial charge in [-0.25, -0.2) is 8.78 Å². The summed E-state index contributed by atoms with van der Waals surface area (Å²) in [4.78, 5) is 12.0. The fourth-order valence-electron chi connectivity index (χ4n) is 2.33. The zero-order chi connectivity index (χ0) is 17.3. The summed E-state index contributed by atoms with van der Waals surface area (Å²) < 4.78 is 31.9. The first kappa shape index (κ1) is 15.8. The molecule has 0 aliphatic rings. The Labute approximate surface area is 136 Å². The molecule has 2 aromatic carbocycles. The maximum Gasteiger partial charge on any atom is 0.322 e. The van der Waals surface area contributed by atoms with Gasteiger partial charge in [0.1, 0.15) is 11.6 Å². The monoisotopic (exact) mass is 329 g/mol. The molecule has 0 atom stereocenters. The minimum absolute atomic E-state index is 0.169. The molecule has 1 heterocycles.